The number of nitrogens with zero attached hydrogens (tertiary/aromatic N) is 2. The Morgan fingerprint density at radius 1 is 0.929 bits per heavy atom. The van der Waals surface area contributed by atoms with Crippen LogP contribution in [0, 0.1) is 6.92 Å². The zero-order chi connectivity index (χ0) is 19.8. The molecule has 2 amide bonds. The minimum absolute atomic E-state index is 0.0502. The second kappa shape index (κ2) is 9.93. The van der Waals surface area contributed by atoms with Crippen molar-refractivity contribution in [2.24, 2.45) is 0 Å². The summed E-state index contributed by atoms with van der Waals surface area (Å²) in [5.41, 5.74) is 1.80. The van der Waals surface area contributed by atoms with E-state index in [1.807, 2.05) is 71.3 Å². The van der Waals surface area contributed by atoms with Crippen molar-refractivity contribution in [3.05, 3.63) is 65.7 Å². The molecule has 3 rings (SSSR count). The first-order valence-electron chi connectivity index (χ1n) is 9.95. The molecular weight excluding hydrogens is 352 g/mol. The summed E-state index contributed by atoms with van der Waals surface area (Å²) < 4.78 is 5.65. The molecule has 1 heterocycles. The zero-order valence-corrected chi connectivity index (χ0v) is 16.5. The highest BCUT2D eigenvalue weighted by Crippen LogP contribution is 2.13. The summed E-state index contributed by atoms with van der Waals surface area (Å²) in [6, 6.07) is 17.3. The van der Waals surface area contributed by atoms with Gasteiger partial charge in [-0.3, -0.25) is 9.59 Å². The van der Waals surface area contributed by atoms with Crippen molar-refractivity contribution < 1.29 is 14.3 Å². The van der Waals surface area contributed by atoms with Gasteiger partial charge in [-0.15, -0.1) is 0 Å². The van der Waals surface area contributed by atoms with Crippen LogP contribution in [0.5, 0.6) is 5.75 Å². The number of carbonyl (C=O) groups excluding carboxylic acids is 2. The van der Waals surface area contributed by atoms with Crippen LogP contribution < -0.4 is 4.74 Å². The normalized spacial score (nSPS) is 14.5. The Hall–Kier alpha value is -2.82. The van der Waals surface area contributed by atoms with Crippen molar-refractivity contribution in [3.8, 4) is 5.75 Å². The molecular formula is C23H28N2O3. The molecule has 0 radical (unpaired) electrons. The summed E-state index contributed by atoms with van der Waals surface area (Å²) in [7, 11) is 0. The molecule has 0 spiro atoms. The van der Waals surface area contributed by atoms with E-state index >= 15 is 0 Å². The molecule has 0 bridgehead atoms. The van der Waals surface area contributed by atoms with E-state index in [1.54, 1.807) is 0 Å². The summed E-state index contributed by atoms with van der Waals surface area (Å²) in [5.74, 6) is 1.02. The first kappa shape index (κ1) is 19.9. The molecule has 5 heteroatoms. The number of aryl methyl sites for hydroxylation is 1. The zero-order valence-electron chi connectivity index (χ0n) is 16.5. The van der Waals surface area contributed by atoms with Crippen LogP contribution in [-0.2, 0) is 4.79 Å². The van der Waals surface area contributed by atoms with Crippen LogP contribution in [-0.4, -0.2) is 54.4 Å². The summed E-state index contributed by atoms with van der Waals surface area (Å²) in [6.45, 7) is 5.08. The predicted octanol–water partition coefficient (Wildman–Crippen LogP) is 3.53. The minimum Gasteiger partial charge on any atom is -0.494 e. The maximum absolute atomic E-state index is 12.7. The van der Waals surface area contributed by atoms with E-state index in [2.05, 4.69) is 0 Å². The number of amides is 2. The van der Waals surface area contributed by atoms with E-state index in [0.29, 0.717) is 45.6 Å². The SMILES string of the molecule is Cc1cccc(C(=O)N2CCCN(C(=O)CCCOc3ccccc3)CC2)c1. The fraction of sp³-hybridized carbons (Fsp3) is 0.391. The highest BCUT2D eigenvalue weighted by atomic mass is 16.5. The molecule has 2 aromatic carbocycles. The Kier molecular flexibility index (Phi) is 7.06. The fourth-order valence-corrected chi connectivity index (χ4v) is 3.42. The van der Waals surface area contributed by atoms with Crippen LogP contribution in [0.4, 0.5) is 0 Å². The summed E-state index contributed by atoms with van der Waals surface area (Å²) in [4.78, 5) is 29.0. The Morgan fingerprint density at radius 3 is 2.46 bits per heavy atom. The van der Waals surface area contributed by atoms with E-state index in [9.17, 15) is 9.59 Å². The molecule has 1 aliphatic heterocycles. The molecule has 0 unspecified atom stereocenters. The average Bonchev–Trinajstić information content (AvgIpc) is 2.98. The van der Waals surface area contributed by atoms with E-state index in [1.165, 1.54) is 0 Å². The van der Waals surface area contributed by atoms with E-state index in [-0.39, 0.29) is 11.8 Å². The lowest BCUT2D eigenvalue weighted by atomic mass is 10.1. The highest BCUT2D eigenvalue weighted by Gasteiger charge is 2.22. The molecule has 2 aromatic rings. The number of ether oxygens (including phenoxy) is 1. The molecule has 0 N–H and O–H groups in total. The molecule has 5 nitrogen and oxygen atoms in total. The van der Waals surface area contributed by atoms with Gasteiger partial charge in [0.15, 0.2) is 0 Å². The number of rotatable bonds is 6. The van der Waals surface area contributed by atoms with Gasteiger partial charge in [-0.2, -0.15) is 0 Å². The monoisotopic (exact) mass is 380 g/mol. The highest BCUT2D eigenvalue weighted by molar-refractivity contribution is 5.94. The van der Waals surface area contributed by atoms with Gasteiger partial charge in [0.05, 0.1) is 6.61 Å². The van der Waals surface area contributed by atoms with Crippen LogP contribution in [0.3, 0.4) is 0 Å². The van der Waals surface area contributed by atoms with Crippen molar-refractivity contribution in [3.63, 3.8) is 0 Å². The number of carbonyl (C=O) groups is 2. The lowest BCUT2D eigenvalue weighted by molar-refractivity contribution is -0.131. The van der Waals surface area contributed by atoms with Crippen LogP contribution in [0.15, 0.2) is 54.6 Å². The summed E-state index contributed by atoms with van der Waals surface area (Å²) in [5, 5.41) is 0. The standard InChI is InChI=1S/C23H28N2O3/c1-19-8-5-9-20(18-19)23(27)25-14-7-13-24(15-16-25)22(26)12-6-17-28-21-10-3-2-4-11-21/h2-5,8-11,18H,6-7,12-17H2,1H3. The second-order valence-electron chi connectivity index (χ2n) is 7.16. The quantitative estimate of drug-likeness (QED) is 0.721. The van der Waals surface area contributed by atoms with Crippen molar-refractivity contribution in [1.82, 2.24) is 9.80 Å². The third-order valence-electron chi connectivity index (χ3n) is 4.95. The topological polar surface area (TPSA) is 49.9 Å². The van der Waals surface area contributed by atoms with Crippen LogP contribution >= 0.6 is 0 Å². The molecule has 148 valence electrons. The van der Waals surface area contributed by atoms with Crippen molar-refractivity contribution in [2.45, 2.75) is 26.2 Å². The summed E-state index contributed by atoms with van der Waals surface area (Å²) >= 11 is 0. The van der Waals surface area contributed by atoms with Crippen LogP contribution in [0.2, 0.25) is 0 Å². The number of benzene rings is 2. The molecule has 28 heavy (non-hydrogen) atoms. The van der Waals surface area contributed by atoms with Crippen LogP contribution in [0.1, 0.15) is 35.2 Å². The van der Waals surface area contributed by atoms with Crippen LogP contribution in [0.25, 0.3) is 0 Å². The Bertz CT molecular complexity index is 791. The van der Waals surface area contributed by atoms with Gasteiger partial charge in [-0.25, -0.2) is 0 Å². The molecule has 0 atom stereocenters. The molecule has 0 aliphatic carbocycles. The molecule has 1 fully saturated rings. The molecule has 1 saturated heterocycles. The minimum atomic E-state index is 0.0502. The van der Waals surface area contributed by atoms with E-state index in [4.69, 9.17) is 4.74 Å². The van der Waals surface area contributed by atoms with Crippen molar-refractivity contribution in [2.75, 3.05) is 32.8 Å². The van der Waals surface area contributed by atoms with Gasteiger partial charge in [-0.1, -0.05) is 35.9 Å². The second-order valence-corrected chi connectivity index (χ2v) is 7.16. The maximum atomic E-state index is 12.7. The van der Waals surface area contributed by atoms with Gasteiger partial charge < -0.3 is 14.5 Å². The lowest BCUT2D eigenvalue weighted by Gasteiger charge is -2.22. The Morgan fingerprint density at radius 2 is 1.68 bits per heavy atom. The van der Waals surface area contributed by atoms with E-state index in [0.717, 1.165) is 23.3 Å². The number of hydrogen-bond acceptors (Lipinski definition) is 3. The fourth-order valence-electron chi connectivity index (χ4n) is 3.42. The van der Waals surface area contributed by atoms with Gasteiger partial charge in [0.25, 0.3) is 5.91 Å². The largest absolute Gasteiger partial charge is 0.494 e. The molecule has 0 aromatic heterocycles. The predicted molar refractivity (Wildman–Crippen MR) is 109 cm³/mol. The van der Waals surface area contributed by atoms with Gasteiger partial charge in [0, 0.05) is 38.2 Å². The summed E-state index contributed by atoms with van der Waals surface area (Å²) in [6.07, 6.45) is 1.97. The lowest BCUT2D eigenvalue weighted by Crippen LogP contribution is -2.37. The van der Waals surface area contributed by atoms with Gasteiger partial charge in [-0.05, 0) is 44.0 Å². The molecule has 0 saturated carbocycles. The molecule has 1 aliphatic rings. The first-order valence-corrected chi connectivity index (χ1v) is 9.95. The van der Waals surface area contributed by atoms with Crippen molar-refractivity contribution in [1.29, 1.82) is 0 Å². The van der Waals surface area contributed by atoms with Gasteiger partial charge >= 0.3 is 0 Å². The Labute approximate surface area is 166 Å². The van der Waals surface area contributed by atoms with Gasteiger partial charge in [0.1, 0.15) is 5.75 Å². The Balaban J connectivity index is 1.44. The first-order chi connectivity index (χ1) is 13.6. The number of hydrogen-bond donors (Lipinski definition) is 0. The van der Waals surface area contributed by atoms with Gasteiger partial charge in [0.2, 0.25) is 5.91 Å². The van der Waals surface area contributed by atoms with Crippen molar-refractivity contribution >= 4 is 11.8 Å². The van der Waals surface area contributed by atoms with E-state index < -0.39 is 0 Å². The average molecular weight is 380 g/mol. The smallest absolute Gasteiger partial charge is 0.253 e. The maximum Gasteiger partial charge on any atom is 0.253 e. The number of para-hydroxylation sites is 1. The third-order valence-corrected chi connectivity index (χ3v) is 4.95. The third kappa shape index (κ3) is 5.59.